The van der Waals surface area contributed by atoms with E-state index in [4.69, 9.17) is 0 Å². The molecule has 0 radical (unpaired) electrons. The highest BCUT2D eigenvalue weighted by atomic mass is 14.3. The van der Waals surface area contributed by atoms with Crippen LogP contribution in [0.5, 0.6) is 0 Å². The van der Waals surface area contributed by atoms with Gasteiger partial charge in [0.05, 0.1) is 0 Å². The molecule has 0 saturated heterocycles. The van der Waals surface area contributed by atoms with Crippen LogP contribution in [0.15, 0.2) is 12.7 Å². The monoisotopic (exact) mass is 168 g/mol. The summed E-state index contributed by atoms with van der Waals surface area (Å²) in [6.45, 7) is 9.85. The summed E-state index contributed by atoms with van der Waals surface area (Å²) in [4.78, 5) is 0. The third kappa shape index (κ3) is 4.58. The second kappa shape index (κ2) is 7.39. The van der Waals surface area contributed by atoms with E-state index >= 15 is 0 Å². The molecule has 0 aromatic carbocycles. The Morgan fingerprint density at radius 2 is 1.75 bits per heavy atom. The first-order valence-electron chi connectivity index (χ1n) is 5.35. The summed E-state index contributed by atoms with van der Waals surface area (Å²) in [5, 5.41) is 0. The van der Waals surface area contributed by atoms with E-state index in [-0.39, 0.29) is 0 Å². The molecule has 0 heterocycles. The van der Waals surface area contributed by atoms with Crippen LogP contribution in [0.25, 0.3) is 0 Å². The van der Waals surface area contributed by atoms with Crippen molar-refractivity contribution in [3.8, 4) is 0 Å². The highest BCUT2D eigenvalue weighted by Gasteiger charge is 2.25. The van der Waals surface area contributed by atoms with Crippen molar-refractivity contribution in [2.75, 3.05) is 0 Å². The van der Waals surface area contributed by atoms with E-state index in [1.807, 2.05) is 6.92 Å². The van der Waals surface area contributed by atoms with Crippen LogP contribution in [0.2, 0.25) is 0 Å². The summed E-state index contributed by atoms with van der Waals surface area (Å²) < 4.78 is 0. The van der Waals surface area contributed by atoms with Crippen molar-refractivity contribution in [3.05, 3.63) is 12.7 Å². The van der Waals surface area contributed by atoms with Crippen LogP contribution in [0.3, 0.4) is 0 Å². The fraction of sp³-hybridized carbons (Fsp3) is 0.833. The molecule has 0 atom stereocenters. The largest absolute Gasteiger partial charge is 0.103 e. The van der Waals surface area contributed by atoms with Crippen molar-refractivity contribution in [3.63, 3.8) is 0 Å². The highest BCUT2D eigenvalue weighted by Crippen LogP contribution is 2.38. The minimum absolute atomic E-state index is 1.10. The van der Waals surface area contributed by atoms with Gasteiger partial charge in [-0.05, 0) is 31.6 Å². The van der Waals surface area contributed by atoms with Crippen molar-refractivity contribution in [1.29, 1.82) is 0 Å². The molecule has 72 valence electrons. The summed E-state index contributed by atoms with van der Waals surface area (Å²) in [6.07, 6.45) is 9.10. The average Bonchev–Trinajstić information content (AvgIpc) is 1.97. The standard InChI is InChI=1S/C9H18.C3H6/c1-3-5-9-6-8(4-2)7-9;1-3-2/h8-9H,3-7H2,1-2H3;3H,1H2,2H3. The van der Waals surface area contributed by atoms with Gasteiger partial charge in [-0.2, -0.15) is 0 Å². The fourth-order valence-corrected chi connectivity index (χ4v) is 1.85. The Bertz CT molecular complexity index is 98.6. The summed E-state index contributed by atoms with van der Waals surface area (Å²) in [6, 6.07) is 0. The summed E-state index contributed by atoms with van der Waals surface area (Å²) in [5.74, 6) is 2.21. The van der Waals surface area contributed by atoms with Crippen molar-refractivity contribution >= 4 is 0 Å². The fourth-order valence-electron chi connectivity index (χ4n) is 1.85. The maximum Gasteiger partial charge on any atom is -0.0409 e. The molecule has 0 aromatic rings. The van der Waals surface area contributed by atoms with Gasteiger partial charge in [-0.1, -0.05) is 39.2 Å². The van der Waals surface area contributed by atoms with E-state index in [0.717, 1.165) is 11.8 Å². The normalized spacial score (nSPS) is 26.6. The van der Waals surface area contributed by atoms with Gasteiger partial charge in [0, 0.05) is 0 Å². The lowest BCUT2D eigenvalue weighted by Crippen LogP contribution is -2.22. The Hall–Kier alpha value is -0.260. The molecule has 12 heavy (non-hydrogen) atoms. The molecule has 0 nitrogen and oxygen atoms in total. The van der Waals surface area contributed by atoms with Crippen LogP contribution in [-0.4, -0.2) is 0 Å². The van der Waals surface area contributed by atoms with E-state index in [9.17, 15) is 0 Å². The van der Waals surface area contributed by atoms with Crippen molar-refractivity contribution in [2.45, 2.75) is 52.9 Å². The highest BCUT2D eigenvalue weighted by molar-refractivity contribution is 4.77. The smallest absolute Gasteiger partial charge is 0.0409 e. The van der Waals surface area contributed by atoms with E-state index in [0.29, 0.717) is 0 Å². The van der Waals surface area contributed by atoms with Gasteiger partial charge in [0.25, 0.3) is 0 Å². The Morgan fingerprint density at radius 3 is 2.08 bits per heavy atom. The van der Waals surface area contributed by atoms with Crippen LogP contribution in [0, 0.1) is 11.8 Å². The number of rotatable bonds is 3. The first-order valence-corrected chi connectivity index (χ1v) is 5.35. The zero-order chi connectivity index (χ0) is 9.40. The van der Waals surface area contributed by atoms with Gasteiger partial charge in [-0.25, -0.2) is 0 Å². The predicted octanol–water partition coefficient (Wildman–Crippen LogP) is 4.42. The van der Waals surface area contributed by atoms with E-state index in [1.165, 1.54) is 32.1 Å². The van der Waals surface area contributed by atoms with Gasteiger partial charge in [0.1, 0.15) is 0 Å². The second-order valence-electron chi connectivity index (χ2n) is 3.81. The third-order valence-corrected chi connectivity index (χ3v) is 2.61. The van der Waals surface area contributed by atoms with Gasteiger partial charge >= 0.3 is 0 Å². The quantitative estimate of drug-likeness (QED) is 0.547. The molecule has 0 spiro atoms. The molecule has 1 aliphatic rings. The summed E-state index contributed by atoms with van der Waals surface area (Å²) in [5.41, 5.74) is 0. The molecule has 1 rings (SSSR count). The Labute approximate surface area is 78.1 Å². The molecule has 0 N–H and O–H groups in total. The lowest BCUT2D eigenvalue weighted by Gasteiger charge is -2.34. The van der Waals surface area contributed by atoms with Crippen LogP contribution >= 0.6 is 0 Å². The third-order valence-electron chi connectivity index (χ3n) is 2.61. The van der Waals surface area contributed by atoms with Gasteiger partial charge in [0.15, 0.2) is 0 Å². The van der Waals surface area contributed by atoms with Crippen LogP contribution in [-0.2, 0) is 0 Å². The maximum atomic E-state index is 3.36. The minimum atomic E-state index is 1.10. The van der Waals surface area contributed by atoms with Gasteiger partial charge in [0.2, 0.25) is 0 Å². The molecular formula is C12H24. The Morgan fingerprint density at radius 1 is 1.25 bits per heavy atom. The van der Waals surface area contributed by atoms with Gasteiger partial charge < -0.3 is 0 Å². The van der Waals surface area contributed by atoms with E-state index in [1.54, 1.807) is 6.08 Å². The van der Waals surface area contributed by atoms with Crippen molar-refractivity contribution < 1.29 is 0 Å². The van der Waals surface area contributed by atoms with Gasteiger partial charge in [-0.15, -0.1) is 6.58 Å². The van der Waals surface area contributed by atoms with Crippen molar-refractivity contribution in [1.82, 2.24) is 0 Å². The number of hydrogen-bond acceptors (Lipinski definition) is 0. The Balaban J connectivity index is 0.000000354. The molecule has 0 bridgehead atoms. The first kappa shape index (κ1) is 11.7. The van der Waals surface area contributed by atoms with Crippen LogP contribution < -0.4 is 0 Å². The molecule has 0 aromatic heterocycles. The SMILES string of the molecule is C=CC.CCCC1CC(CC)C1. The van der Waals surface area contributed by atoms with Gasteiger partial charge in [-0.3, -0.25) is 0 Å². The van der Waals surface area contributed by atoms with Crippen molar-refractivity contribution in [2.24, 2.45) is 11.8 Å². The molecule has 0 unspecified atom stereocenters. The molecule has 1 fully saturated rings. The van der Waals surface area contributed by atoms with E-state index in [2.05, 4.69) is 20.4 Å². The zero-order valence-electron chi connectivity index (χ0n) is 8.97. The van der Waals surface area contributed by atoms with E-state index < -0.39 is 0 Å². The average molecular weight is 168 g/mol. The summed E-state index contributed by atoms with van der Waals surface area (Å²) >= 11 is 0. The summed E-state index contributed by atoms with van der Waals surface area (Å²) in [7, 11) is 0. The lowest BCUT2D eigenvalue weighted by atomic mass is 9.72. The zero-order valence-corrected chi connectivity index (χ0v) is 8.97. The molecule has 1 saturated carbocycles. The second-order valence-corrected chi connectivity index (χ2v) is 3.81. The molecule has 0 heteroatoms. The predicted molar refractivity (Wildman–Crippen MR) is 57.3 cm³/mol. The minimum Gasteiger partial charge on any atom is -0.103 e. The lowest BCUT2D eigenvalue weighted by molar-refractivity contribution is 0.176. The molecule has 1 aliphatic carbocycles. The topological polar surface area (TPSA) is 0 Å². The maximum absolute atomic E-state index is 3.36. The number of allylic oxidation sites excluding steroid dienone is 1. The molecule has 0 aliphatic heterocycles. The molecule has 0 amide bonds. The first-order chi connectivity index (χ1) is 5.78. The van der Waals surface area contributed by atoms with Crippen LogP contribution in [0.4, 0.5) is 0 Å². The Kier molecular flexibility index (Phi) is 7.23. The number of hydrogen-bond donors (Lipinski definition) is 0. The molecular weight excluding hydrogens is 144 g/mol. The van der Waals surface area contributed by atoms with Crippen LogP contribution in [0.1, 0.15) is 52.9 Å².